The number of carbonyl (C=O) groups excluding carboxylic acids is 1. The van der Waals surface area contributed by atoms with Crippen molar-refractivity contribution >= 4 is 23.3 Å². The van der Waals surface area contributed by atoms with Gasteiger partial charge in [-0.05, 0) is 25.5 Å². The highest BCUT2D eigenvalue weighted by Crippen LogP contribution is 2.22. The molecule has 98 valence electrons. The minimum Gasteiger partial charge on any atom is -0.409 e. The third kappa shape index (κ3) is 3.37. The smallest absolute Gasteiger partial charge is 0.231 e. The molecule has 0 heterocycles. The predicted molar refractivity (Wildman–Crippen MR) is 70.6 cm³/mol. The Kier molecular flexibility index (Phi) is 4.97. The van der Waals surface area contributed by atoms with Crippen LogP contribution >= 0.6 is 11.6 Å². The summed E-state index contributed by atoms with van der Waals surface area (Å²) in [4.78, 5) is 11.8. The number of hydrogen-bond acceptors (Lipinski definition) is 3. The number of nitrogens with one attached hydrogen (secondary N) is 1. The zero-order valence-corrected chi connectivity index (χ0v) is 11.0. The van der Waals surface area contributed by atoms with Crippen LogP contribution in [0.5, 0.6) is 0 Å². The highest BCUT2D eigenvalue weighted by molar-refractivity contribution is 6.31. The van der Waals surface area contributed by atoms with Crippen LogP contribution < -0.4 is 11.1 Å². The minimum atomic E-state index is -0.695. The third-order valence-electron chi connectivity index (χ3n) is 2.68. The Labute approximate surface area is 111 Å². The van der Waals surface area contributed by atoms with Crippen molar-refractivity contribution in [3.05, 3.63) is 34.9 Å². The lowest BCUT2D eigenvalue weighted by molar-refractivity contribution is -0.123. The molecule has 0 aliphatic carbocycles. The molecule has 6 heteroatoms. The number of amides is 1. The van der Waals surface area contributed by atoms with E-state index in [1.54, 1.807) is 13.0 Å². The Morgan fingerprint density at radius 3 is 2.61 bits per heavy atom. The van der Waals surface area contributed by atoms with Gasteiger partial charge in [0, 0.05) is 5.02 Å². The van der Waals surface area contributed by atoms with Crippen LogP contribution in [0.1, 0.15) is 25.5 Å². The molecule has 0 aliphatic rings. The molecule has 1 amide bonds. The van der Waals surface area contributed by atoms with Crippen LogP contribution in [0.15, 0.2) is 29.4 Å². The van der Waals surface area contributed by atoms with Crippen molar-refractivity contribution in [3.63, 3.8) is 0 Å². The average Bonchev–Trinajstić information content (AvgIpc) is 2.37. The van der Waals surface area contributed by atoms with Crippen LogP contribution in [0.2, 0.25) is 5.02 Å². The van der Waals surface area contributed by atoms with Crippen molar-refractivity contribution in [2.24, 2.45) is 16.8 Å². The summed E-state index contributed by atoms with van der Waals surface area (Å²) in [6.45, 7) is 3.38. The van der Waals surface area contributed by atoms with Crippen LogP contribution in [0.4, 0.5) is 0 Å². The summed E-state index contributed by atoms with van der Waals surface area (Å²) in [7, 11) is 0. The first kappa shape index (κ1) is 14.3. The normalized spacial score (nSPS) is 14.9. The van der Waals surface area contributed by atoms with E-state index in [1.165, 1.54) is 0 Å². The topological polar surface area (TPSA) is 87.7 Å². The van der Waals surface area contributed by atoms with Gasteiger partial charge in [0.2, 0.25) is 5.91 Å². The van der Waals surface area contributed by atoms with Gasteiger partial charge < -0.3 is 16.3 Å². The molecule has 1 rings (SSSR count). The first-order valence-electron chi connectivity index (χ1n) is 5.49. The molecule has 5 nitrogen and oxygen atoms in total. The molecule has 4 N–H and O–H groups in total. The van der Waals surface area contributed by atoms with E-state index in [0.29, 0.717) is 5.02 Å². The van der Waals surface area contributed by atoms with Crippen molar-refractivity contribution in [2.45, 2.75) is 19.9 Å². The van der Waals surface area contributed by atoms with Crippen LogP contribution in [0, 0.1) is 5.92 Å². The van der Waals surface area contributed by atoms with Crippen LogP contribution in [0.25, 0.3) is 0 Å². The number of carbonyl (C=O) groups is 1. The first-order chi connectivity index (χ1) is 8.47. The van der Waals surface area contributed by atoms with Gasteiger partial charge >= 0.3 is 0 Å². The van der Waals surface area contributed by atoms with Gasteiger partial charge in [0.05, 0.1) is 12.0 Å². The van der Waals surface area contributed by atoms with Gasteiger partial charge in [0.25, 0.3) is 0 Å². The van der Waals surface area contributed by atoms with E-state index in [4.69, 9.17) is 22.5 Å². The summed E-state index contributed by atoms with van der Waals surface area (Å²) in [5, 5.41) is 14.7. The van der Waals surface area contributed by atoms with Gasteiger partial charge in [-0.1, -0.05) is 35.0 Å². The molecule has 0 fully saturated rings. The maximum Gasteiger partial charge on any atom is 0.231 e. The standard InChI is InChI=1S/C12H16ClN3O2/c1-7(11(14)16-18)12(17)15-8(2)9-5-3-4-6-10(9)13/h3-8,18H,1-2H3,(H2,14,16)(H,15,17). The largest absolute Gasteiger partial charge is 0.409 e. The summed E-state index contributed by atoms with van der Waals surface area (Å²) in [6.07, 6.45) is 0. The third-order valence-corrected chi connectivity index (χ3v) is 3.03. The quantitative estimate of drug-likeness (QED) is 0.338. The maximum atomic E-state index is 11.8. The van der Waals surface area contributed by atoms with Gasteiger partial charge in [0.1, 0.15) is 0 Å². The molecule has 0 spiro atoms. The molecule has 0 bridgehead atoms. The molecule has 2 unspecified atom stereocenters. The van der Waals surface area contributed by atoms with E-state index in [0.717, 1.165) is 5.56 Å². The van der Waals surface area contributed by atoms with E-state index in [1.807, 2.05) is 25.1 Å². The molecular weight excluding hydrogens is 254 g/mol. The Morgan fingerprint density at radius 1 is 1.44 bits per heavy atom. The van der Waals surface area contributed by atoms with E-state index >= 15 is 0 Å². The number of oxime groups is 1. The molecule has 0 saturated heterocycles. The van der Waals surface area contributed by atoms with Gasteiger partial charge in [-0.2, -0.15) is 0 Å². The summed E-state index contributed by atoms with van der Waals surface area (Å²) in [6, 6.07) is 7.00. The van der Waals surface area contributed by atoms with Gasteiger partial charge in [-0.3, -0.25) is 4.79 Å². The zero-order chi connectivity index (χ0) is 13.7. The molecule has 0 radical (unpaired) electrons. The highest BCUT2D eigenvalue weighted by Gasteiger charge is 2.20. The summed E-state index contributed by atoms with van der Waals surface area (Å²) in [5.74, 6) is -1.14. The fraction of sp³-hybridized carbons (Fsp3) is 0.333. The lowest BCUT2D eigenvalue weighted by atomic mass is 10.1. The first-order valence-corrected chi connectivity index (χ1v) is 5.87. The zero-order valence-electron chi connectivity index (χ0n) is 10.2. The predicted octanol–water partition coefficient (Wildman–Crippen LogP) is 1.90. The van der Waals surface area contributed by atoms with Crippen molar-refractivity contribution in [2.75, 3.05) is 0 Å². The number of amidine groups is 1. The Morgan fingerprint density at radius 2 is 2.06 bits per heavy atom. The van der Waals surface area contributed by atoms with E-state index in [9.17, 15) is 4.79 Å². The van der Waals surface area contributed by atoms with E-state index in [-0.39, 0.29) is 17.8 Å². The van der Waals surface area contributed by atoms with Crippen molar-refractivity contribution in [1.29, 1.82) is 0 Å². The van der Waals surface area contributed by atoms with Crippen molar-refractivity contribution in [1.82, 2.24) is 5.32 Å². The second-order valence-electron chi connectivity index (χ2n) is 4.00. The number of nitrogens with two attached hydrogens (primary N) is 1. The SMILES string of the molecule is CC(C(=O)NC(C)c1ccccc1Cl)C(N)=NO. The lowest BCUT2D eigenvalue weighted by Gasteiger charge is -2.18. The fourth-order valence-electron chi connectivity index (χ4n) is 1.46. The Balaban J connectivity index is 2.74. The highest BCUT2D eigenvalue weighted by atomic mass is 35.5. The molecular formula is C12H16ClN3O2. The Bertz CT molecular complexity index is 462. The minimum absolute atomic E-state index is 0.126. The summed E-state index contributed by atoms with van der Waals surface area (Å²) in [5.41, 5.74) is 6.19. The van der Waals surface area contributed by atoms with Crippen LogP contribution in [-0.4, -0.2) is 17.0 Å². The molecule has 18 heavy (non-hydrogen) atoms. The molecule has 1 aromatic rings. The molecule has 0 aliphatic heterocycles. The summed E-state index contributed by atoms with van der Waals surface area (Å²) < 4.78 is 0. The van der Waals surface area contributed by atoms with Gasteiger partial charge in [-0.25, -0.2) is 0 Å². The number of hydrogen-bond donors (Lipinski definition) is 3. The molecule has 0 aromatic heterocycles. The van der Waals surface area contributed by atoms with E-state index < -0.39 is 5.92 Å². The number of halogens is 1. The van der Waals surface area contributed by atoms with Crippen LogP contribution in [-0.2, 0) is 4.79 Å². The second-order valence-corrected chi connectivity index (χ2v) is 4.41. The van der Waals surface area contributed by atoms with Crippen molar-refractivity contribution < 1.29 is 10.0 Å². The second kappa shape index (κ2) is 6.26. The molecule has 0 saturated carbocycles. The number of benzene rings is 1. The van der Waals surface area contributed by atoms with Crippen LogP contribution in [0.3, 0.4) is 0 Å². The lowest BCUT2D eigenvalue weighted by Crippen LogP contribution is -2.38. The van der Waals surface area contributed by atoms with Gasteiger partial charge in [0.15, 0.2) is 5.84 Å². The van der Waals surface area contributed by atoms with Crippen molar-refractivity contribution in [3.8, 4) is 0 Å². The van der Waals surface area contributed by atoms with E-state index in [2.05, 4.69) is 10.5 Å². The fourth-order valence-corrected chi connectivity index (χ4v) is 1.76. The number of rotatable bonds is 4. The monoisotopic (exact) mass is 269 g/mol. The summed E-state index contributed by atoms with van der Waals surface area (Å²) >= 11 is 6.03. The average molecular weight is 270 g/mol. The Hall–Kier alpha value is -1.75. The number of nitrogens with zero attached hydrogens (tertiary/aromatic N) is 1. The molecule has 1 aromatic carbocycles. The molecule has 2 atom stereocenters. The maximum absolute atomic E-state index is 11.8. The van der Waals surface area contributed by atoms with Gasteiger partial charge in [-0.15, -0.1) is 0 Å².